The van der Waals surface area contributed by atoms with Gasteiger partial charge in [-0.2, -0.15) is 0 Å². The summed E-state index contributed by atoms with van der Waals surface area (Å²) >= 11 is 0. The zero-order chi connectivity index (χ0) is 11.9. The molecule has 1 atom stereocenters. The zero-order valence-electron chi connectivity index (χ0n) is 9.74. The normalized spacial score (nSPS) is 42.1. The van der Waals surface area contributed by atoms with Gasteiger partial charge in [-0.15, -0.1) is 0 Å². The van der Waals surface area contributed by atoms with Crippen molar-refractivity contribution in [2.24, 2.45) is 11.8 Å². The highest BCUT2D eigenvalue weighted by atomic mass is 17.2. The van der Waals surface area contributed by atoms with Gasteiger partial charge >= 0.3 is 0 Å². The van der Waals surface area contributed by atoms with Gasteiger partial charge in [-0.25, -0.2) is 9.78 Å². The molecule has 17 heavy (non-hydrogen) atoms. The number of imide groups is 1. The number of hydrogen-bond donors (Lipinski definition) is 1. The Morgan fingerprint density at radius 2 is 1.94 bits per heavy atom. The Morgan fingerprint density at radius 1 is 1.18 bits per heavy atom. The summed E-state index contributed by atoms with van der Waals surface area (Å²) in [6.45, 7) is 0.674. The molecule has 0 aromatic rings. The molecule has 3 fully saturated rings. The van der Waals surface area contributed by atoms with Crippen LogP contribution in [0.25, 0.3) is 0 Å². The molecule has 2 saturated heterocycles. The summed E-state index contributed by atoms with van der Waals surface area (Å²) in [6, 6.07) is 0. The Labute approximate surface area is 99.8 Å². The average Bonchev–Trinajstić information content (AvgIpc) is 2.88. The van der Waals surface area contributed by atoms with Crippen LogP contribution in [0.15, 0.2) is 0 Å². The first-order valence-electron chi connectivity index (χ1n) is 6.33. The maximum Gasteiger partial charge on any atom is 0.230 e. The fraction of sp³-hybridized carbons (Fsp3) is 0.833. The highest BCUT2D eigenvalue weighted by molar-refractivity contribution is 6.03. The molecule has 3 aliphatic rings. The molecule has 0 aromatic heterocycles. The van der Waals surface area contributed by atoms with Gasteiger partial charge in [0.05, 0.1) is 6.61 Å². The van der Waals surface area contributed by atoms with Crippen LogP contribution in [0.5, 0.6) is 0 Å². The van der Waals surface area contributed by atoms with Gasteiger partial charge < -0.3 is 0 Å². The van der Waals surface area contributed by atoms with E-state index in [9.17, 15) is 9.59 Å². The molecule has 2 amide bonds. The summed E-state index contributed by atoms with van der Waals surface area (Å²) < 4.78 is 0. The second-order valence-corrected chi connectivity index (χ2v) is 5.40. The van der Waals surface area contributed by atoms with Crippen LogP contribution in [0.1, 0.15) is 38.5 Å². The van der Waals surface area contributed by atoms with E-state index in [0.717, 1.165) is 32.1 Å². The van der Waals surface area contributed by atoms with Gasteiger partial charge in [0.15, 0.2) is 0 Å². The van der Waals surface area contributed by atoms with Crippen molar-refractivity contribution < 1.29 is 19.4 Å². The van der Waals surface area contributed by atoms with Crippen LogP contribution in [0.4, 0.5) is 0 Å². The molecule has 1 aliphatic carbocycles. The van der Waals surface area contributed by atoms with Crippen LogP contribution >= 0.6 is 0 Å². The number of rotatable bonds is 1. The molecule has 0 radical (unpaired) electrons. The second kappa shape index (κ2) is 4.07. The molecule has 1 unspecified atom stereocenters. The minimum Gasteiger partial charge on any atom is -0.296 e. The summed E-state index contributed by atoms with van der Waals surface area (Å²) in [7, 11) is 0. The topological polar surface area (TPSA) is 64.6 Å². The molecule has 94 valence electrons. The van der Waals surface area contributed by atoms with Crippen molar-refractivity contribution in [2.75, 3.05) is 6.61 Å². The van der Waals surface area contributed by atoms with Crippen LogP contribution in [0, 0.1) is 11.8 Å². The van der Waals surface area contributed by atoms with Crippen LogP contribution in [0.2, 0.25) is 0 Å². The van der Waals surface area contributed by atoms with Crippen molar-refractivity contribution in [3.05, 3.63) is 0 Å². The van der Waals surface area contributed by atoms with Gasteiger partial charge in [0.25, 0.3) is 0 Å². The lowest BCUT2D eigenvalue weighted by molar-refractivity contribution is -0.316. The fourth-order valence-electron chi connectivity index (χ4n) is 3.29. The molecule has 2 aliphatic heterocycles. The number of amides is 2. The summed E-state index contributed by atoms with van der Waals surface area (Å²) in [5.41, 5.74) is -0.102. The Hall–Kier alpha value is -0.940. The number of carbonyl (C=O) groups is 2. The quantitative estimate of drug-likeness (QED) is 0.546. The lowest BCUT2D eigenvalue weighted by atomic mass is 9.72. The Kier molecular flexibility index (Phi) is 2.67. The summed E-state index contributed by atoms with van der Waals surface area (Å²) in [4.78, 5) is 33.2. The van der Waals surface area contributed by atoms with Crippen molar-refractivity contribution in [3.8, 4) is 0 Å². The highest BCUT2D eigenvalue weighted by Crippen LogP contribution is 2.43. The molecule has 0 bridgehead atoms. The summed E-state index contributed by atoms with van der Waals surface area (Å²) in [5, 5.41) is 2.39. The SMILES string of the molecule is O=C1CC(C2CCC3(CCOO3)CC2)C(=O)N1. The molecule has 1 spiro atoms. The second-order valence-electron chi connectivity index (χ2n) is 5.40. The third-order valence-electron chi connectivity index (χ3n) is 4.39. The van der Waals surface area contributed by atoms with E-state index in [2.05, 4.69) is 5.32 Å². The molecular weight excluding hydrogens is 222 g/mol. The molecule has 5 nitrogen and oxygen atoms in total. The maximum atomic E-state index is 11.6. The van der Waals surface area contributed by atoms with E-state index >= 15 is 0 Å². The Morgan fingerprint density at radius 3 is 2.47 bits per heavy atom. The summed E-state index contributed by atoms with van der Waals surface area (Å²) in [6.07, 6.45) is 5.11. The smallest absolute Gasteiger partial charge is 0.230 e. The van der Waals surface area contributed by atoms with E-state index < -0.39 is 0 Å². The van der Waals surface area contributed by atoms with Crippen molar-refractivity contribution >= 4 is 11.8 Å². The minimum absolute atomic E-state index is 0.0838. The summed E-state index contributed by atoms with van der Waals surface area (Å²) in [5.74, 6) is 0.0127. The first kappa shape index (κ1) is 11.2. The first-order chi connectivity index (χ1) is 8.19. The molecule has 1 N–H and O–H groups in total. The number of hydrogen-bond acceptors (Lipinski definition) is 4. The van der Waals surface area contributed by atoms with Crippen molar-refractivity contribution in [2.45, 2.75) is 44.1 Å². The maximum absolute atomic E-state index is 11.6. The molecule has 2 heterocycles. The van der Waals surface area contributed by atoms with E-state index in [1.807, 2.05) is 0 Å². The van der Waals surface area contributed by atoms with Crippen LogP contribution in [-0.2, 0) is 19.4 Å². The van der Waals surface area contributed by atoms with Crippen molar-refractivity contribution in [1.29, 1.82) is 0 Å². The van der Waals surface area contributed by atoms with E-state index in [0.29, 0.717) is 18.9 Å². The number of carbonyl (C=O) groups excluding carboxylic acids is 2. The largest absolute Gasteiger partial charge is 0.296 e. The van der Waals surface area contributed by atoms with Gasteiger partial charge in [0.1, 0.15) is 5.60 Å². The third kappa shape index (κ3) is 1.98. The van der Waals surface area contributed by atoms with Gasteiger partial charge in [0, 0.05) is 18.8 Å². The van der Waals surface area contributed by atoms with Crippen LogP contribution < -0.4 is 5.32 Å². The lowest BCUT2D eigenvalue weighted by Crippen LogP contribution is -2.36. The molecule has 0 aromatic carbocycles. The molecule has 5 heteroatoms. The van der Waals surface area contributed by atoms with E-state index in [4.69, 9.17) is 9.78 Å². The number of nitrogens with one attached hydrogen (secondary N) is 1. The van der Waals surface area contributed by atoms with Gasteiger partial charge in [-0.3, -0.25) is 14.9 Å². The highest BCUT2D eigenvalue weighted by Gasteiger charge is 2.45. The molecular formula is C12H17NO4. The van der Waals surface area contributed by atoms with Crippen LogP contribution in [-0.4, -0.2) is 24.0 Å². The Balaban J connectivity index is 1.61. The van der Waals surface area contributed by atoms with Crippen molar-refractivity contribution in [1.82, 2.24) is 5.32 Å². The molecule has 3 rings (SSSR count). The predicted octanol–water partition coefficient (Wildman–Crippen LogP) is 0.930. The van der Waals surface area contributed by atoms with Gasteiger partial charge in [-0.1, -0.05) is 0 Å². The predicted molar refractivity (Wildman–Crippen MR) is 57.6 cm³/mol. The zero-order valence-corrected chi connectivity index (χ0v) is 9.74. The molecule has 1 saturated carbocycles. The average molecular weight is 239 g/mol. The van der Waals surface area contributed by atoms with Crippen LogP contribution in [0.3, 0.4) is 0 Å². The van der Waals surface area contributed by atoms with E-state index in [1.54, 1.807) is 0 Å². The van der Waals surface area contributed by atoms with Gasteiger partial charge in [-0.05, 0) is 31.6 Å². The van der Waals surface area contributed by atoms with E-state index in [1.165, 1.54) is 0 Å². The lowest BCUT2D eigenvalue weighted by Gasteiger charge is -2.35. The van der Waals surface area contributed by atoms with Crippen molar-refractivity contribution in [3.63, 3.8) is 0 Å². The third-order valence-corrected chi connectivity index (χ3v) is 4.39. The monoisotopic (exact) mass is 239 g/mol. The first-order valence-corrected chi connectivity index (χ1v) is 6.33. The fourth-order valence-corrected chi connectivity index (χ4v) is 3.29. The Bertz CT molecular complexity index is 338. The van der Waals surface area contributed by atoms with Gasteiger partial charge in [0.2, 0.25) is 11.8 Å². The van der Waals surface area contributed by atoms with E-state index in [-0.39, 0.29) is 23.3 Å². The standard InChI is InChI=1S/C12H17NO4/c14-10-7-9(11(15)13-10)8-1-3-12(4-2-8)5-6-16-17-12/h8-9H,1-7H2,(H,13,14,15). The minimum atomic E-state index is -0.124.